The predicted octanol–water partition coefficient (Wildman–Crippen LogP) is 2.74. The van der Waals surface area contributed by atoms with Crippen LogP contribution in [0.25, 0.3) is 10.8 Å². The lowest BCUT2D eigenvalue weighted by molar-refractivity contribution is 0.465. The normalized spacial score (nSPS) is 12.7. The average Bonchev–Trinajstić information content (AvgIpc) is 2.44. The SMILES string of the molecule is CC(C)CCS(=O)(=O)c1ccc2c(NS(C)(=O)=O)cccc2c1O. The molecule has 0 spiro atoms. The van der Waals surface area contributed by atoms with E-state index in [1.807, 2.05) is 13.8 Å². The standard InChI is InChI=1S/C16H21NO5S2/c1-11(2)9-10-24(21,22)15-8-7-12-13(16(15)18)5-4-6-14(12)17-23(3,19)20/h4-8,11,17-18H,9-10H2,1-3H3. The van der Waals surface area contributed by atoms with Gasteiger partial charge in [0.1, 0.15) is 10.6 Å². The van der Waals surface area contributed by atoms with Gasteiger partial charge in [0.15, 0.2) is 9.84 Å². The third-order valence-electron chi connectivity index (χ3n) is 3.59. The smallest absolute Gasteiger partial charge is 0.229 e. The van der Waals surface area contributed by atoms with Gasteiger partial charge in [0, 0.05) is 10.8 Å². The number of rotatable bonds is 6. The van der Waals surface area contributed by atoms with Gasteiger partial charge in [-0.05, 0) is 24.5 Å². The van der Waals surface area contributed by atoms with Crippen LogP contribution in [0.4, 0.5) is 5.69 Å². The van der Waals surface area contributed by atoms with E-state index in [0.29, 0.717) is 11.8 Å². The molecule has 2 rings (SSSR count). The van der Waals surface area contributed by atoms with Crippen LogP contribution in [0.2, 0.25) is 0 Å². The maximum Gasteiger partial charge on any atom is 0.229 e. The molecule has 0 atom stereocenters. The maximum atomic E-state index is 12.4. The van der Waals surface area contributed by atoms with E-state index >= 15 is 0 Å². The molecule has 2 N–H and O–H groups in total. The predicted molar refractivity (Wildman–Crippen MR) is 95.6 cm³/mol. The molecule has 0 aromatic heterocycles. The third-order valence-corrected chi connectivity index (χ3v) is 5.95. The summed E-state index contributed by atoms with van der Waals surface area (Å²) in [5.41, 5.74) is 0.288. The van der Waals surface area contributed by atoms with Gasteiger partial charge in [0.2, 0.25) is 10.0 Å². The van der Waals surface area contributed by atoms with Crippen molar-refractivity contribution in [3.8, 4) is 5.75 Å². The average molecular weight is 371 g/mol. The molecule has 24 heavy (non-hydrogen) atoms. The highest BCUT2D eigenvalue weighted by molar-refractivity contribution is 7.92. The van der Waals surface area contributed by atoms with Gasteiger partial charge in [-0.2, -0.15) is 0 Å². The first-order chi connectivity index (χ1) is 11.0. The lowest BCUT2D eigenvalue weighted by atomic mass is 10.1. The Hall–Kier alpha value is -1.80. The molecule has 0 saturated heterocycles. The summed E-state index contributed by atoms with van der Waals surface area (Å²) >= 11 is 0. The Morgan fingerprint density at radius 3 is 2.29 bits per heavy atom. The fourth-order valence-corrected chi connectivity index (χ4v) is 4.62. The van der Waals surface area contributed by atoms with E-state index in [9.17, 15) is 21.9 Å². The van der Waals surface area contributed by atoms with E-state index < -0.39 is 19.9 Å². The van der Waals surface area contributed by atoms with Gasteiger partial charge in [-0.1, -0.05) is 32.0 Å². The molecule has 0 aliphatic carbocycles. The van der Waals surface area contributed by atoms with Gasteiger partial charge in [0.25, 0.3) is 0 Å². The van der Waals surface area contributed by atoms with Crippen LogP contribution in [0.1, 0.15) is 20.3 Å². The number of phenolic OH excluding ortho intramolecular Hbond substituents is 1. The fraction of sp³-hybridized carbons (Fsp3) is 0.375. The highest BCUT2D eigenvalue weighted by Crippen LogP contribution is 2.36. The number of aromatic hydroxyl groups is 1. The fourth-order valence-electron chi connectivity index (χ4n) is 2.36. The minimum atomic E-state index is -3.61. The van der Waals surface area contributed by atoms with Crippen LogP contribution in [0.3, 0.4) is 0 Å². The molecule has 0 amide bonds. The molecule has 0 bridgehead atoms. The van der Waals surface area contributed by atoms with Crippen LogP contribution in [0, 0.1) is 5.92 Å². The lowest BCUT2D eigenvalue weighted by Crippen LogP contribution is -2.11. The van der Waals surface area contributed by atoms with Gasteiger partial charge in [-0.15, -0.1) is 0 Å². The number of anilines is 1. The van der Waals surface area contributed by atoms with Crippen LogP contribution in [-0.4, -0.2) is 34.0 Å². The molecule has 8 heteroatoms. The molecule has 0 radical (unpaired) electrons. The van der Waals surface area contributed by atoms with Crippen LogP contribution in [0.15, 0.2) is 35.2 Å². The lowest BCUT2D eigenvalue weighted by Gasteiger charge is -2.13. The van der Waals surface area contributed by atoms with E-state index in [1.165, 1.54) is 12.1 Å². The summed E-state index contributed by atoms with van der Waals surface area (Å²) < 4.78 is 50.1. The molecule has 2 aromatic rings. The quantitative estimate of drug-likeness (QED) is 0.813. The highest BCUT2D eigenvalue weighted by atomic mass is 32.2. The second-order valence-electron chi connectivity index (χ2n) is 6.19. The van der Waals surface area contributed by atoms with Crippen molar-refractivity contribution in [2.75, 3.05) is 16.7 Å². The zero-order chi connectivity index (χ0) is 18.1. The van der Waals surface area contributed by atoms with Gasteiger partial charge in [0.05, 0.1) is 17.7 Å². The van der Waals surface area contributed by atoms with Gasteiger partial charge < -0.3 is 5.11 Å². The van der Waals surface area contributed by atoms with Crippen LogP contribution in [-0.2, 0) is 19.9 Å². The second-order valence-corrected chi connectivity index (χ2v) is 10.0. The Balaban J connectivity index is 2.56. The number of hydrogen-bond acceptors (Lipinski definition) is 5. The van der Waals surface area contributed by atoms with Crippen LogP contribution >= 0.6 is 0 Å². The molecule has 0 saturated carbocycles. The number of phenols is 1. The maximum absolute atomic E-state index is 12.4. The Kier molecular flexibility index (Phi) is 5.10. The molecule has 132 valence electrons. The Morgan fingerprint density at radius 2 is 1.71 bits per heavy atom. The van der Waals surface area contributed by atoms with Crippen LogP contribution < -0.4 is 4.72 Å². The Labute approximate surface area is 142 Å². The summed E-state index contributed by atoms with van der Waals surface area (Å²) in [5, 5.41) is 11.1. The molecule has 0 aliphatic heterocycles. The van der Waals surface area contributed by atoms with Crippen molar-refractivity contribution in [2.45, 2.75) is 25.2 Å². The van der Waals surface area contributed by atoms with Crippen molar-refractivity contribution < 1.29 is 21.9 Å². The van der Waals surface area contributed by atoms with Crippen LogP contribution in [0.5, 0.6) is 5.75 Å². The topological polar surface area (TPSA) is 101 Å². The zero-order valence-corrected chi connectivity index (χ0v) is 15.4. The molecule has 0 unspecified atom stereocenters. The summed E-state index contributed by atoms with van der Waals surface area (Å²) in [6.45, 7) is 3.86. The minimum absolute atomic E-state index is 0.0506. The summed E-state index contributed by atoms with van der Waals surface area (Å²) in [4.78, 5) is -0.132. The van der Waals surface area contributed by atoms with E-state index in [0.717, 1.165) is 6.26 Å². The minimum Gasteiger partial charge on any atom is -0.506 e. The molecular weight excluding hydrogens is 350 g/mol. The van der Waals surface area contributed by atoms with E-state index in [-0.39, 0.29) is 33.4 Å². The van der Waals surface area contributed by atoms with Crippen molar-refractivity contribution in [2.24, 2.45) is 5.92 Å². The van der Waals surface area contributed by atoms with Crippen molar-refractivity contribution in [1.29, 1.82) is 0 Å². The van der Waals surface area contributed by atoms with Crippen molar-refractivity contribution in [3.05, 3.63) is 30.3 Å². The second kappa shape index (κ2) is 6.60. The third kappa shape index (κ3) is 4.18. The Morgan fingerprint density at radius 1 is 1.04 bits per heavy atom. The summed E-state index contributed by atoms with van der Waals surface area (Å²) in [6.07, 6.45) is 1.52. The summed E-state index contributed by atoms with van der Waals surface area (Å²) in [7, 11) is -7.10. The van der Waals surface area contributed by atoms with Gasteiger partial charge >= 0.3 is 0 Å². The van der Waals surface area contributed by atoms with Gasteiger partial charge in [-0.3, -0.25) is 4.72 Å². The number of sulfonamides is 1. The molecule has 0 heterocycles. The molecule has 0 fully saturated rings. The summed E-state index contributed by atoms with van der Waals surface area (Å²) in [6, 6.07) is 7.49. The molecule has 6 nitrogen and oxygen atoms in total. The monoisotopic (exact) mass is 371 g/mol. The number of fused-ring (bicyclic) bond motifs is 1. The van der Waals surface area contributed by atoms with E-state index in [2.05, 4.69) is 4.72 Å². The van der Waals surface area contributed by atoms with E-state index in [4.69, 9.17) is 0 Å². The highest BCUT2D eigenvalue weighted by Gasteiger charge is 2.21. The zero-order valence-electron chi connectivity index (χ0n) is 13.8. The number of hydrogen-bond donors (Lipinski definition) is 2. The largest absolute Gasteiger partial charge is 0.506 e. The number of benzene rings is 2. The van der Waals surface area contributed by atoms with E-state index in [1.54, 1.807) is 18.2 Å². The molecular formula is C16H21NO5S2. The Bertz CT molecular complexity index is 963. The van der Waals surface area contributed by atoms with Gasteiger partial charge in [-0.25, -0.2) is 16.8 Å². The molecule has 0 aliphatic rings. The molecule has 2 aromatic carbocycles. The van der Waals surface area contributed by atoms with Crippen molar-refractivity contribution in [3.63, 3.8) is 0 Å². The van der Waals surface area contributed by atoms with Crippen molar-refractivity contribution in [1.82, 2.24) is 0 Å². The first-order valence-corrected chi connectivity index (χ1v) is 11.0. The number of sulfone groups is 1. The first-order valence-electron chi connectivity index (χ1n) is 7.46. The summed E-state index contributed by atoms with van der Waals surface area (Å²) in [5.74, 6) is -0.174. The number of nitrogens with one attached hydrogen (secondary N) is 1. The first kappa shape index (κ1) is 18.5. The van der Waals surface area contributed by atoms with Crippen molar-refractivity contribution >= 4 is 36.3 Å².